The van der Waals surface area contributed by atoms with Crippen LogP contribution < -0.4 is 5.73 Å². The summed E-state index contributed by atoms with van der Waals surface area (Å²) in [7, 11) is 1.73. The van der Waals surface area contributed by atoms with Crippen molar-refractivity contribution in [2.45, 2.75) is 13.0 Å². The van der Waals surface area contributed by atoms with Crippen LogP contribution in [0.25, 0.3) is 0 Å². The molecule has 1 heterocycles. The van der Waals surface area contributed by atoms with E-state index in [2.05, 4.69) is 32.9 Å². The molecule has 1 aliphatic heterocycles. The Hall–Kier alpha value is 0.610. The van der Waals surface area contributed by atoms with Gasteiger partial charge in [-0.3, -0.25) is 0 Å². The highest BCUT2D eigenvalue weighted by molar-refractivity contribution is 14.1. The predicted octanol–water partition coefficient (Wildman–Crippen LogP) is 0.632. The lowest BCUT2D eigenvalue weighted by Gasteiger charge is -2.26. The quantitative estimate of drug-likeness (QED) is 0.591. The molecule has 0 aromatic heterocycles. The average Bonchev–Trinajstić information content (AvgIpc) is 2.08. The second kappa shape index (κ2) is 3.55. The molecule has 0 radical (unpaired) electrons. The minimum atomic E-state index is 0.149. The van der Waals surface area contributed by atoms with Crippen molar-refractivity contribution in [2.24, 2.45) is 11.1 Å². The van der Waals surface area contributed by atoms with Crippen LogP contribution in [0, 0.1) is 5.41 Å². The Bertz CT molecular complexity index is 144. The van der Waals surface area contributed by atoms with Gasteiger partial charge in [-0.05, 0) is 0 Å². The summed E-state index contributed by atoms with van der Waals surface area (Å²) in [6.07, 6.45) is 0. The first kappa shape index (κ1) is 9.70. The molecule has 1 fully saturated rings. The first-order valence-corrected chi connectivity index (χ1v) is 4.70. The van der Waals surface area contributed by atoms with Crippen LogP contribution >= 0.6 is 22.9 Å². The normalized spacial score (nSPS) is 39.8. The fraction of sp³-hybridized carbons (Fsp3) is 1.00. The summed E-state index contributed by atoms with van der Waals surface area (Å²) >= 11 is 2.31. The van der Waals surface area contributed by atoms with E-state index in [0.717, 1.165) is 19.7 Å². The topological polar surface area (TPSA) is 38.5 Å². The number of hydrogen-bond donors (Lipinski definition) is 1. The van der Waals surface area contributed by atoms with E-state index in [1.807, 2.05) is 0 Å². The van der Waals surface area contributed by atoms with Crippen molar-refractivity contribution >= 4 is 22.9 Å². The molecular formula is C7H15IN2O. The second-order valence-corrected chi connectivity index (χ2v) is 4.86. The van der Waals surface area contributed by atoms with Gasteiger partial charge in [-0.25, -0.2) is 3.11 Å². The van der Waals surface area contributed by atoms with Crippen molar-refractivity contribution in [3.05, 3.63) is 0 Å². The first-order chi connectivity index (χ1) is 5.08. The van der Waals surface area contributed by atoms with Crippen molar-refractivity contribution in [3.63, 3.8) is 0 Å². The Morgan fingerprint density at radius 3 is 2.82 bits per heavy atom. The van der Waals surface area contributed by atoms with E-state index >= 15 is 0 Å². The van der Waals surface area contributed by atoms with Gasteiger partial charge in [0.05, 0.1) is 6.61 Å². The average molecular weight is 270 g/mol. The maximum atomic E-state index is 5.96. The van der Waals surface area contributed by atoms with Crippen LogP contribution in [0.1, 0.15) is 6.92 Å². The Morgan fingerprint density at radius 2 is 2.45 bits per heavy atom. The second-order valence-electron chi connectivity index (χ2n) is 3.50. The predicted molar refractivity (Wildman–Crippen MR) is 53.6 cm³/mol. The summed E-state index contributed by atoms with van der Waals surface area (Å²) in [6.45, 7) is 4.94. The zero-order chi connectivity index (χ0) is 8.48. The number of nitrogens with zero attached hydrogens (tertiary/aromatic N) is 1. The third kappa shape index (κ3) is 2.05. The molecule has 0 spiro atoms. The molecule has 1 rings (SSSR count). The van der Waals surface area contributed by atoms with Crippen LogP contribution in [0.15, 0.2) is 0 Å². The zero-order valence-electron chi connectivity index (χ0n) is 7.01. The van der Waals surface area contributed by atoms with Gasteiger partial charge in [0.15, 0.2) is 0 Å². The largest absolute Gasteiger partial charge is 0.384 e. The molecule has 11 heavy (non-hydrogen) atoms. The summed E-state index contributed by atoms with van der Waals surface area (Å²) in [4.78, 5) is 0. The summed E-state index contributed by atoms with van der Waals surface area (Å²) in [5, 5.41) is 0. The number of rotatable bonds is 2. The lowest BCUT2D eigenvalue weighted by molar-refractivity contribution is 0.0932. The molecule has 4 heteroatoms. The van der Waals surface area contributed by atoms with E-state index in [4.69, 9.17) is 10.5 Å². The van der Waals surface area contributed by atoms with Crippen molar-refractivity contribution in [1.29, 1.82) is 0 Å². The molecule has 0 bridgehead atoms. The van der Waals surface area contributed by atoms with Gasteiger partial charge in [0.2, 0.25) is 0 Å². The number of halogens is 1. The molecule has 2 N–H and O–H groups in total. The van der Waals surface area contributed by atoms with Crippen LogP contribution in [0.2, 0.25) is 0 Å². The van der Waals surface area contributed by atoms with Crippen molar-refractivity contribution in [3.8, 4) is 0 Å². The Balaban J connectivity index is 2.55. The Labute approximate surface area is 81.8 Å². The van der Waals surface area contributed by atoms with E-state index in [1.54, 1.807) is 7.11 Å². The zero-order valence-corrected chi connectivity index (χ0v) is 9.17. The summed E-state index contributed by atoms with van der Waals surface area (Å²) in [5.41, 5.74) is 6.11. The van der Waals surface area contributed by atoms with Crippen LogP contribution in [-0.2, 0) is 4.74 Å². The molecule has 0 amide bonds. The molecule has 0 saturated carbocycles. The van der Waals surface area contributed by atoms with Gasteiger partial charge in [-0.2, -0.15) is 0 Å². The molecule has 0 aromatic rings. The van der Waals surface area contributed by atoms with Gasteiger partial charge in [-0.15, -0.1) is 0 Å². The van der Waals surface area contributed by atoms with E-state index < -0.39 is 0 Å². The van der Waals surface area contributed by atoms with Gasteiger partial charge in [0.25, 0.3) is 0 Å². The maximum Gasteiger partial charge on any atom is 0.0543 e. The SMILES string of the molecule is COCC1(C)CN(I)C[C@@H]1N. The highest BCUT2D eigenvalue weighted by atomic mass is 127. The third-order valence-corrected chi connectivity index (χ3v) is 3.03. The highest BCUT2D eigenvalue weighted by Gasteiger charge is 2.40. The minimum absolute atomic E-state index is 0.149. The Morgan fingerprint density at radius 1 is 1.82 bits per heavy atom. The van der Waals surface area contributed by atoms with Gasteiger partial charge in [0, 0.05) is 54.5 Å². The van der Waals surface area contributed by atoms with E-state index in [1.165, 1.54) is 0 Å². The van der Waals surface area contributed by atoms with Crippen molar-refractivity contribution in [2.75, 3.05) is 26.8 Å². The van der Waals surface area contributed by atoms with Crippen molar-refractivity contribution in [1.82, 2.24) is 3.11 Å². The third-order valence-electron chi connectivity index (χ3n) is 2.30. The maximum absolute atomic E-state index is 5.96. The van der Waals surface area contributed by atoms with Crippen LogP contribution in [0.4, 0.5) is 0 Å². The highest BCUT2D eigenvalue weighted by Crippen LogP contribution is 2.30. The molecule has 66 valence electrons. The first-order valence-electron chi connectivity index (χ1n) is 3.74. The molecule has 3 nitrogen and oxygen atoms in total. The summed E-state index contributed by atoms with van der Waals surface area (Å²) in [6, 6.07) is 0.249. The molecular weight excluding hydrogens is 255 g/mol. The Kier molecular flexibility index (Phi) is 3.13. The molecule has 0 aromatic carbocycles. The van der Waals surface area contributed by atoms with Crippen LogP contribution in [0.5, 0.6) is 0 Å². The fourth-order valence-electron chi connectivity index (χ4n) is 1.49. The van der Waals surface area contributed by atoms with E-state index in [9.17, 15) is 0 Å². The number of nitrogens with two attached hydrogens (primary N) is 1. The van der Waals surface area contributed by atoms with Gasteiger partial charge < -0.3 is 10.5 Å². The van der Waals surface area contributed by atoms with E-state index in [0.29, 0.717) is 0 Å². The monoisotopic (exact) mass is 270 g/mol. The van der Waals surface area contributed by atoms with Crippen LogP contribution in [-0.4, -0.2) is 36.0 Å². The molecule has 2 atom stereocenters. The molecule has 0 aliphatic carbocycles. The number of methoxy groups -OCH3 is 1. The van der Waals surface area contributed by atoms with Crippen LogP contribution in [0.3, 0.4) is 0 Å². The lowest BCUT2D eigenvalue weighted by atomic mass is 9.87. The lowest BCUT2D eigenvalue weighted by Crippen LogP contribution is -2.41. The van der Waals surface area contributed by atoms with E-state index in [-0.39, 0.29) is 11.5 Å². The smallest absolute Gasteiger partial charge is 0.0543 e. The van der Waals surface area contributed by atoms with Gasteiger partial charge in [-0.1, -0.05) is 6.92 Å². The standard InChI is InChI=1S/C7H15IN2O/c1-7(5-11-2)4-10(8)3-6(7)9/h6H,3-5,9H2,1-2H3/t6-,7?/m0/s1. The van der Waals surface area contributed by atoms with Gasteiger partial charge in [0.1, 0.15) is 0 Å². The van der Waals surface area contributed by atoms with Crippen molar-refractivity contribution < 1.29 is 4.74 Å². The molecule has 1 saturated heterocycles. The molecule has 1 unspecified atom stereocenters. The number of hydrogen-bond acceptors (Lipinski definition) is 3. The summed E-state index contributed by atoms with van der Waals surface area (Å²) < 4.78 is 7.36. The fourth-order valence-corrected chi connectivity index (χ4v) is 2.69. The summed E-state index contributed by atoms with van der Waals surface area (Å²) in [5.74, 6) is 0. The van der Waals surface area contributed by atoms with Gasteiger partial charge >= 0.3 is 0 Å². The molecule has 1 aliphatic rings. The number of ether oxygens (including phenoxy) is 1. The minimum Gasteiger partial charge on any atom is -0.384 e.